The van der Waals surface area contributed by atoms with Gasteiger partial charge in [0.2, 0.25) is 5.91 Å². The van der Waals surface area contributed by atoms with Gasteiger partial charge in [0.1, 0.15) is 13.2 Å². The van der Waals surface area contributed by atoms with E-state index in [4.69, 9.17) is 0 Å². The number of nitrogens with zero attached hydrogens (tertiary/aromatic N) is 1. The molecule has 1 aliphatic rings. The van der Waals surface area contributed by atoms with Crippen LogP contribution in [0.3, 0.4) is 0 Å². The summed E-state index contributed by atoms with van der Waals surface area (Å²) in [6, 6.07) is 0.236. The predicted octanol–water partition coefficient (Wildman–Crippen LogP) is 1.56. The molecule has 0 aromatic carbocycles. The van der Waals surface area contributed by atoms with Gasteiger partial charge in [-0.25, -0.2) is 0 Å². The molecule has 1 unspecified atom stereocenters. The molecule has 0 spiro atoms. The number of carbonyl (C=O) groups is 1. The van der Waals surface area contributed by atoms with Crippen molar-refractivity contribution in [2.75, 3.05) is 32.8 Å². The molecule has 1 atom stereocenters. The Morgan fingerprint density at radius 2 is 2.21 bits per heavy atom. The Hall–Kier alpha value is -0.820. The maximum atomic E-state index is 11.9. The largest absolute Gasteiger partial charge is 0.411 e. The molecule has 1 amide bonds. The van der Waals surface area contributed by atoms with E-state index >= 15 is 0 Å². The van der Waals surface area contributed by atoms with Crippen LogP contribution in [-0.2, 0) is 9.53 Å². The molecule has 1 saturated heterocycles. The van der Waals surface area contributed by atoms with Gasteiger partial charge in [-0.3, -0.25) is 4.79 Å². The second-order valence-corrected chi connectivity index (χ2v) is 4.74. The van der Waals surface area contributed by atoms with Crippen molar-refractivity contribution in [2.45, 2.75) is 38.4 Å². The Labute approximate surface area is 111 Å². The lowest BCUT2D eigenvalue weighted by Gasteiger charge is -2.33. The third-order valence-electron chi connectivity index (χ3n) is 2.95. The monoisotopic (exact) mass is 282 g/mol. The van der Waals surface area contributed by atoms with Gasteiger partial charge in [0, 0.05) is 19.1 Å². The summed E-state index contributed by atoms with van der Waals surface area (Å²) < 4.78 is 40.1. The van der Waals surface area contributed by atoms with Crippen LogP contribution in [0.5, 0.6) is 0 Å². The van der Waals surface area contributed by atoms with Crippen LogP contribution in [0.4, 0.5) is 13.2 Å². The van der Waals surface area contributed by atoms with E-state index in [1.165, 1.54) is 0 Å². The molecule has 19 heavy (non-hydrogen) atoms. The summed E-state index contributed by atoms with van der Waals surface area (Å²) >= 11 is 0. The highest BCUT2D eigenvalue weighted by atomic mass is 19.4. The summed E-state index contributed by atoms with van der Waals surface area (Å²) in [5, 5.41) is 3.32. The quantitative estimate of drug-likeness (QED) is 0.804. The normalized spacial score (nSPS) is 20.6. The van der Waals surface area contributed by atoms with Gasteiger partial charge in [-0.1, -0.05) is 6.92 Å². The van der Waals surface area contributed by atoms with E-state index in [2.05, 4.69) is 17.0 Å². The second kappa shape index (κ2) is 7.69. The molecule has 1 fully saturated rings. The first-order valence-corrected chi connectivity index (χ1v) is 6.58. The fraction of sp³-hybridized carbons (Fsp3) is 0.917. The highest BCUT2D eigenvalue weighted by molar-refractivity contribution is 5.77. The SMILES string of the molecule is CCCNC1CCCN(C(=O)COCC(F)(F)F)C1. The molecule has 0 aromatic rings. The minimum absolute atomic E-state index is 0.236. The molecule has 7 heteroatoms. The van der Waals surface area contributed by atoms with Crippen molar-refractivity contribution in [3.8, 4) is 0 Å². The molecular formula is C12H21F3N2O2. The molecule has 112 valence electrons. The minimum Gasteiger partial charge on any atom is -0.362 e. The van der Waals surface area contributed by atoms with Gasteiger partial charge >= 0.3 is 6.18 Å². The number of hydrogen-bond donors (Lipinski definition) is 1. The minimum atomic E-state index is -4.38. The van der Waals surface area contributed by atoms with Gasteiger partial charge in [0.15, 0.2) is 0 Å². The van der Waals surface area contributed by atoms with E-state index in [0.717, 1.165) is 25.8 Å². The molecule has 1 rings (SSSR count). The lowest BCUT2D eigenvalue weighted by molar-refractivity contribution is -0.178. The van der Waals surface area contributed by atoms with Crippen molar-refractivity contribution in [3.63, 3.8) is 0 Å². The van der Waals surface area contributed by atoms with E-state index in [-0.39, 0.29) is 11.9 Å². The van der Waals surface area contributed by atoms with Crippen molar-refractivity contribution >= 4 is 5.91 Å². The average molecular weight is 282 g/mol. The van der Waals surface area contributed by atoms with E-state index in [1.807, 2.05) is 0 Å². The van der Waals surface area contributed by atoms with Crippen LogP contribution in [0.15, 0.2) is 0 Å². The Morgan fingerprint density at radius 3 is 2.84 bits per heavy atom. The van der Waals surface area contributed by atoms with Crippen molar-refractivity contribution in [1.29, 1.82) is 0 Å². The molecule has 0 bridgehead atoms. The number of rotatable bonds is 6. The van der Waals surface area contributed by atoms with Gasteiger partial charge in [-0.15, -0.1) is 0 Å². The fourth-order valence-electron chi connectivity index (χ4n) is 2.06. The highest BCUT2D eigenvalue weighted by Crippen LogP contribution is 2.15. The Balaban J connectivity index is 2.27. The van der Waals surface area contributed by atoms with E-state index in [9.17, 15) is 18.0 Å². The lowest BCUT2D eigenvalue weighted by atomic mass is 10.1. The number of ether oxygens (including phenoxy) is 1. The molecule has 0 radical (unpaired) electrons. The Morgan fingerprint density at radius 1 is 1.47 bits per heavy atom. The van der Waals surface area contributed by atoms with Crippen LogP contribution in [0.1, 0.15) is 26.2 Å². The number of carbonyl (C=O) groups excluding carboxylic acids is 1. The van der Waals surface area contributed by atoms with E-state index in [0.29, 0.717) is 13.1 Å². The van der Waals surface area contributed by atoms with Crippen molar-refractivity contribution in [3.05, 3.63) is 0 Å². The van der Waals surface area contributed by atoms with Crippen LogP contribution < -0.4 is 5.32 Å². The first-order valence-electron chi connectivity index (χ1n) is 6.58. The number of nitrogens with one attached hydrogen (secondary N) is 1. The van der Waals surface area contributed by atoms with Crippen LogP contribution in [-0.4, -0.2) is 55.9 Å². The number of likely N-dealkylation sites (tertiary alicyclic amines) is 1. The first-order chi connectivity index (χ1) is 8.92. The standard InChI is InChI=1S/C12H21F3N2O2/c1-2-5-16-10-4-3-6-17(7-10)11(18)8-19-9-12(13,14)15/h10,16H,2-9H2,1H3. The summed E-state index contributed by atoms with van der Waals surface area (Å²) in [5.41, 5.74) is 0. The van der Waals surface area contributed by atoms with Crippen molar-refractivity contribution < 1.29 is 22.7 Å². The average Bonchev–Trinajstić information content (AvgIpc) is 2.35. The summed E-state index contributed by atoms with van der Waals surface area (Å²) in [5.74, 6) is -0.368. The number of halogens is 3. The van der Waals surface area contributed by atoms with Crippen LogP contribution in [0, 0.1) is 0 Å². The second-order valence-electron chi connectivity index (χ2n) is 4.74. The van der Waals surface area contributed by atoms with Crippen molar-refractivity contribution in [2.24, 2.45) is 0 Å². The Bertz CT molecular complexity index is 285. The van der Waals surface area contributed by atoms with E-state index < -0.39 is 19.4 Å². The molecule has 0 saturated carbocycles. The van der Waals surface area contributed by atoms with Gasteiger partial charge in [0.05, 0.1) is 0 Å². The van der Waals surface area contributed by atoms with Crippen LogP contribution in [0.2, 0.25) is 0 Å². The topological polar surface area (TPSA) is 41.6 Å². The van der Waals surface area contributed by atoms with Gasteiger partial charge in [-0.2, -0.15) is 13.2 Å². The number of piperidine rings is 1. The summed E-state index contributed by atoms with van der Waals surface area (Å²) in [7, 11) is 0. The third-order valence-corrected chi connectivity index (χ3v) is 2.95. The summed E-state index contributed by atoms with van der Waals surface area (Å²) in [6.07, 6.45) is -1.51. The Kier molecular flexibility index (Phi) is 6.57. The lowest BCUT2D eigenvalue weighted by Crippen LogP contribution is -2.49. The van der Waals surface area contributed by atoms with Gasteiger partial charge in [-0.05, 0) is 25.8 Å². The number of hydrogen-bond acceptors (Lipinski definition) is 3. The van der Waals surface area contributed by atoms with Gasteiger partial charge in [0.25, 0.3) is 0 Å². The summed E-state index contributed by atoms with van der Waals surface area (Å²) in [4.78, 5) is 13.3. The van der Waals surface area contributed by atoms with E-state index in [1.54, 1.807) is 4.90 Å². The third kappa shape index (κ3) is 6.77. The zero-order valence-corrected chi connectivity index (χ0v) is 11.1. The highest BCUT2D eigenvalue weighted by Gasteiger charge is 2.29. The fourth-order valence-corrected chi connectivity index (χ4v) is 2.06. The van der Waals surface area contributed by atoms with Crippen LogP contribution >= 0.6 is 0 Å². The zero-order chi connectivity index (χ0) is 14.3. The predicted molar refractivity (Wildman–Crippen MR) is 64.8 cm³/mol. The molecule has 1 N–H and O–H groups in total. The maximum Gasteiger partial charge on any atom is 0.411 e. The molecule has 1 heterocycles. The van der Waals surface area contributed by atoms with Crippen LogP contribution in [0.25, 0.3) is 0 Å². The summed E-state index contributed by atoms with van der Waals surface area (Å²) in [6.45, 7) is 2.22. The van der Waals surface area contributed by atoms with Gasteiger partial charge < -0.3 is 15.0 Å². The zero-order valence-electron chi connectivity index (χ0n) is 11.1. The molecule has 1 aliphatic heterocycles. The number of alkyl halides is 3. The molecule has 0 aliphatic carbocycles. The number of amides is 1. The first kappa shape index (κ1) is 16.2. The smallest absolute Gasteiger partial charge is 0.362 e. The molecular weight excluding hydrogens is 261 g/mol. The molecule has 4 nitrogen and oxygen atoms in total. The molecule has 0 aromatic heterocycles. The van der Waals surface area contributed by atoms with Crippen molar-refractivity contribution in [1.82, 2.24) is 10.2 Å². The maximum absolute atomic E-state index is 11.9.